The van der Waals surface area contributed by atoms with Crippen molar-refractivity contribution < 1.29 is 9.90 Å². The summed E-state index contributed by atoms with van der Waals surface area (Å²) in [5, 5.41) is 12.2. The molecule has 28 heavy (non-hydrogen) atoms. The number of benzene rings is 3. The normalized spacial score (nSPS) is 11.2. The first-order chi connectivity index (χ1) is 13.6. The highest BCUT2D eigenvalue weighted by atomic mass is 16.4. The molecule has 0 fully saturated rings. The number of fused-ring (bicyclic) bond motifs is 1. The lowest BCUT2D eigenvalue weighted by Crippen LogP contribution is -2.22. The zero-order valence-electron chi connectivity index (χ0n) is 15.4. The molecule has 0 aliphatic carbocycles. The van der Waals surface area contributed by atoms with Crippen molar-refractivity contribution in [3.05, 3.63) is 101 Å². The van der Waals surface area contributed by atoms with Crippen molar-refractivity contribution in [2.24, 2.45) is 0 Å². The number of aromatic carboxylic acids is 1. The number of carbonyl (C=O) groups excluding carboxylic acids is 1. The molecule has 1 aromatic heterocycles. The molecule has 136 valence electrons. The topological polar surface area (TPSA) is 53.0 Å². The molecule has 0 saturated carbocycles. The summed E-state index contributed by atoms with van der Waals surface area (Å²) >= 11 is 0. The Kier molecular flexibility index (Phi) is 4.73. The molecule has 3 nitrogen and oxygen atoms in total. The molecule has 1 heterocycles. The summed E-state index contributed by atoms with van der Waals surface area (Å²) in [5.41, 5.74) is 5.47. The number of carboxylic acid groups (broad SMARTS) is 1. The molecular weight excluding hydrogens is 346 g/mol. The second-order valence-electron chi connectivity index (χ2n) is 6.73. The average molecular weight is 364 g/mol. The smallest absolute Gasteiger partial charge is 0.0722 e. The fourth-order valence-corrected chi connectivity index (χ4v) is 3.18. The van der Waals surface area contributed by atoms with E-state index in [1.807, 2.05) is 85.8 Å². The maximum Gasteiger partial charge on any atom is 0.0722 e. The molecule has 3 aromatic carbocycles. The minimum Gasteiger partial charge on any atom is -0.545 e. The van der Waals surface area contributed by atoms with Gasteiger partial charge in [-0.2, -0.15) is 0 Å². The summed E-state index contributed by atoms with van der Waals surface area (Å²) in [6, 6.07) is 25.2. The molecule has 0 aliphatic rings. The van der Waals surface area contributed by atoms with Gasteiger partial charge in [0.05, 0.1) is 17.2 Å². The lowest BCUT2D eigenvalue weighted by Gasteiger charge is -2.11. The summed E-state index contributed by atoms with van der Waals surface area (Å²) < 4.78 is 0. The second kappa shape index (κ2) is 7.49. The Hall–Kier alpha value is -3.72. The van der Waals surface area contributed by atoms with Gasteiger partial charge in [0.25, 0.3) is 0 Å². The highest BCUT2D eigenvalue weighted by Crippen LogP contribution is 2.26. The molecule has 0 bridgehead atoms. The predicted molar refractivity (Wildman–Crippen MR) is 112 cm³/mol. The minimum absolute atomic E-state index is 0.164. The Balaban J connectivity index is 1.69. The largest absolute Gasteiger partial charge is 0.545 e. The number of hydrogen-bond acceptors (Lipinski definition) is 3. The molecule has 4 aromatic rings. The van der Waals surface area contributed by atoms with Gasteiger partial charge < -0.3 is 9.90 Å². The SMILES string of the molecule is Cc1ccc2nc(-c3ccc(/C=C/c4ccccc4)cc3)cc(C(=O)[O-])c2c1. The Labute approximate surface area is 163 Å². The predicted octanol–water partition coefficient (Wildman–Crippen LogP) is 4.74. The summed E-state index contributed by atoms with van der Waals surface area (Å²) in [7, 11) is 0. The number of hydrogen-bond donors (Lipinski definition) is 0. The number of aryl methyl sites for hydroxylation is 1. The molecule has 0 amide bonds. The summed E-state index contributed by atoms with van der Waals surface area (Å²) in [6.45, 7) is 1.92. The van der Waals surface area contributed by atoms with Crippen LogP contribution in [0.1, 0.15) is 27.0 Å². The van der Waals surface area contributed by atoms with E-state index in [2.05, 4.69) is 11.1 Å². The van der Waals surface area contributed by atoms with Crippen LogP contribution in [-0.4, -0.2) is 11.0 Å². The molecule has 4 rings (SSSR count). The molecule has 0 unspecified atom stereocenters. The van der Waals surface area contributed by atoms with Crippen molar-refractivity contribution in [3.63, 3.8) is 0 Å². The van der Waals surface area contributed by atoms with Crippen LogP contribution < -0.4 is 5.11 Å². The fraction of sp³-hybridized carbons (Fsp3) is 0.0400. The molecule has 0 atom stereocenters. The van der Waals surface area contributed by atoms with Gasteiger partial charge in [-0.15, -0.1) is 0 Å². The van der Waals surface area contributed by atoms with E-state index in [9.17, 15) is 9.90 Å². The van der Waals surface area contributed by atoms with Crippen molar-refractivity contribution >= 4 is 29.0 Å². The van der Waals surface area contributed by atoms with Gasteiger partial charge >= 0.3 is 0 Å². The molecule has 0 N–H and O–H groups in total. The monoisotopic (exact) mass is 364 g/mol. The number of rotatable bonds is 4. The van der Waals surface area contributed by atoms with Gasteiger partial charge in [-0.1, -0.05) is 78.4 Å². The Bertz CT molecular complexity index is 1180. The molecule has 0 aliphatic heterocycles. The molecule has 0 radical (unpaired) electrons. The van der Waals surface area contributed by atoms with Gasteiger partial charge in [0.1, 0.15) is 0 Å². The average Bonchev–Trinajstić information content (AvgIpc) is 2.72. The van der Waals surface area contributed by atoms with Crippen molar-refractivity contribution in [1.29, 1.82) is 0 Å². The van der Waals surface area contributed by atoms with E-state index >= 15 is 0 Å². The first-order valence-corrected chi connectivity index (χ1v) is 9.06. The van der Waals surface area contributed by atoms with Crippen LogP contribution in [-0.2, 0) is 0 Å². The van der Waals surface area contributed by atoms with Crippen molar-refractivity contribution in [1.82, 2.24) is 4.98 Å². The first kappa shape index (κ1) is 17.7. The van der Waals surface area contributed by atoms with Gasteiger partial charge in [0.15, 0.2) is 0 Å². The summed E-state index contributed by atoms with van der Waals surface area (Å²) in [6.07, 6.45) is 4.10. The van der Waals surface area contributed by atoms with E-state index in [0.717, 1.165) is 22.3 Å². The van der Waals surface area contributed by atoms with E-state index < -0.39 is 5.97 Å². The number of carboxylic acids is 1. The van der Waals surface area contributed by atoms with Crippen LogP contribution in [0.5, 0.6) is 0 Å². The van der Waals surface area contributed by atoms with Gasteiger partial charge in [0, 0.05) is 16.5 Å². The van der Waals surface area contributed by atoms with Gasteiger partial charge in [-0.25, -0.2) is 4.98 Å². The van der Waals surface area contributed by atoms with Crippen LogP contribution in [0, 0.1) is 6.92 Å². The molecule has 0 spiro atoms. The lowest BCUT2D eigenvalue weighted by molar-refractivity contribution is -0.254. The lowest BCUT2D eigenvalue weighted by atomic mass is 10.0. The van der Waals surface area contributed by atoms with E-state index in [4.69, 9.17) is 0 Å². The van der Waals surface area contributed by atoms with E-state index in [0.29, 0.717) is 16.6 Å². The number of pyridine rings is 1. The minimum atomic E-state index is -1.19. The Morgan fingerprint density at radius 2 is 1.54 bits per heavy atom. The van der Waals surface area contributed by atoms with Crippen molar-refractivity contribution in [2.75, 3.05) is 0 Å². The molecular formula is C25H18NO2-. The van der Waals surface area contributed by atoms with Crippen LogP contribution in [0.2, 0.25) is 0 Å². The number of nitrogens with zero attached hydrogens (tertiary/aromatic N) is 1. The van der Waals surface area contributed by atoms with Crippen molar-refractivity contribution in [3.8, 4) is 11.3 Å². The number of carbonyl (C=O) groups is 1. The summed E-state index contributed by atoms with van der Waals surface area (Å²) in [5.74, 6) is -1.19. The van der Waals surface area contributed by atoms with E-state index in [-0.39, 0.29) is 5.56 Å². The quantitative estimate of drug-likeness (QED) is 0.491. The van der Waals surface area contributed by atoms with Gasteiger partial charge in [-0.05, 0) is 36.2 Å². The second-order valence-corrected chi connectivity index (χ2v) is 6.73. The Morgan fingerprint density at radius 1 is 0.857 bits per heavy atom. The zero-order chi connectivity index (χ0) is 19.5. The highest BCUT2D eigenvalue weighted by molar-refractivity contribution is 6.03. The zero-order valence-corrected chi connectivity index (χ0v) is 15.4. The maximum absolute atomic E-state index is 11.6. The maximum atomic E-state index is 11.6. The third-order valence-corrected chi connectivity index (χ3v) is 4.66. The van der Waals surface area contributed by atoms with Gasteiger partial charge in [0.2, 0.25) is 0 Å². The number of aromatic nitrogens is 1. The highest BCUT2D eigenvalue weighted by Gasteiger charge is 2.09. The van der Waals surface area contributed by atoms with Crippen LogP contribution in [0.3, 0.4) is 0 Å². The third-order valence-electron chi connectivity index (χ3n) is 4.66. The van der Waals surface area contributed by atoms with E-state index in [1.54, 1.807) is 6.07 Å². The van der Waals surface area contributed by atoms with Crippen molar-refractivity contribution in [2.45, 2.75) is 6.92 Å². The Morgan fingerprint density at radius 3 is 2.21 bits per heavy atom. The standard InChI is InChI=1S/C25H19NO2/c1-17-7-14-23-21(15-17)22(25(27)28)16-24(26-23)20-12-10-19(11-13-20)9-8-18-5-3-2-4-6-18/h2-16H,1H3,(H,27,28)/p-1/b9-8+. The van der Waals surface area contributed by atoms with Crippen LogP contribution >= 0.6 is 0 Å². The molecule has 3 heteroatoms. The molecule has 0 saturated heterocycles. The van der Waals surface area contributed by atoms with Crippen LogP contribution in [0.25, 0.3) is 34.3 Å². The third kappa shape index (κ3) is 3.69. The fourth-order valence-electron chi connectivity index (χ4n) is 3.18. The summed E-state index contributed by atoms with van der Waals surface area (Å²) in [4.78, 5) is 16.3. The van der Waals surface area contributed by atoms with Crippen LogP contribution in [0.15, 0.2) is 78.9 Å². The van der Waals surface area contributed by atoms with Crippen LogP contribution in [0.4, 0.5) is 0 Å². The first-order valence-electron chi connectivity index (χ1n) is 9.06. The van der Waals surface area contributed by atoms with E-state index in [1.165, 1.54) is 0 Å². The van der Waals surface area contributed by atoms with Gasteiger partial charge in [-0.3, -0.25) is 0 Å².